The first-order valence-electron chi connectivity index (χ1n) is 6.47. The monoisotopic (exact) mass is 229 g/mol. The van der Waals surface area contributed by atoms with Crippen molar-refractivity contribution in [1.82, 2.24) is 0 Å². The largest absolute Gasteiger partial charge is 0.399 e. The van der Waals surface area contributed by atoms with Crippen molar-refractivity contribution >= 4 is 11.3 Å². The molecule has 0 aromatic heterocycles. The molecule has 0 spiro atoms. The average molecular weight is 229 g/mol. The Morgan fingerprint density at radius 1 is 1.29 bits per heavy atom. The van der Waals surface area contributed by atoms with E-state index < -0.39 is 0 Å². The Balaban J connectivity index is 1.85. The van der Waals surface area contributed by atoms with E-state index in [9.17, 15) is 0 Å². The fraction of sp³-hybridized carbons (Fsp3) is 0.467. The van der Waals surface area contributed by atoms with Crippen LogP contribution in [0.25, 0.3) is 5.57 Å². The van der Waals surface area contributed by atoms with E-state index >= 15 is 0 Å². The second-order valence-electron chi connectivity index (χ2n) is 5.17. The fourth-order valence-corrected chi connectivity index (χ4v) is 2.89. The van der Waals surface area contributed by atoms with E-state index in [0.29, 0.717) is 12.2 Å². The number of aryl methyl sites for hydroxylation is 1. The minimum atomic E-state index is 0.323. The van der Waals surface area contributed by atoms with Crippen LogP contribution in [0.3, 0.4) is 0 Å². The summed E-state index contributed by atoms with van der Waals surface area (Å²) in [5, 5.41) is 0. The zero-order valence-corrected chi connectivity index (χ0v) is 10.3. The average Bonchev–Trinajstić information content (AvgIpc) is 2.86. The highest BCUT2D eigenvalue weighted by atomic mass is 16.5. The van der Waals surface area contributed by atoms with Crippen molar-refractivity contribution in [2.75, 3.05) is 5.73 Å². The summed E-state index contributed by atoms with van der Waals surface area (Å²) in [5.41, 5.74) is 10.9. The van der Waals surface area contributed by atoms with Gasteiger partial charge in [-0.15, -0.1) is 0 Å². The molecule has 0 bridgehead atoms. The summed E-state index contributed by atoms with van der Waals surface area (Å²) >= 11 is 0. The first-order valence-corrected chi connectivity index (χ1v) is 6.47. The Morgan fingerprint density at radius 2 is 2.18 bits per heavy atom. The van der Waals surface area contributed by atoms with Crippen LogP contribution in [0.2, 0.25) is 0 Å². The first-order chi connectivity index (χ1) is 8.22. The van der Waals surface area contributed by atoms with Gasteiger partial charge in [0.1, 0.15) is 0 Å². The van der Waals surface area contributed by atoms with Crippen LogP contribution in [-0.2, 0) is 11.2 Å². The van der Waals surface area contributed by atoms with E-state index in [1.165, 1.54) is 23.1 Å². The Morgan fingerprint density at radius 3 is 2.94 bits per heavy atom. The smallest absolute Gasteiger partial charge is 0.0766 e. The molecule has 2 aliphatic rings. The molecule has 1 aliphatic heterocycles. The second kappa shape index (κ2) is 4.19. The number of allylic oxidation sites excluding steroid dienone is 1. The molecular formula is C15H19NO. The van der Waals surface area contributed by atoms with Crippen LogP contribution in [0, 0.1) is 0 Å². The number of anilines is 1. The lowest BCUT2D eigenvalue weighted by Gasteiger charge is -2.08. The van der Waals surface area contributed by atoms with Gasteiger partial charge < -0.3 is 10.5 Å². The number of hydrogen-bond donors (Lipinski definition) is 1. The number of rotatable bonds is 1. The first kappa shape index (κ1) is 10.8. The topological polar surface area (TPSA) is 35.2 Å². The minimum absolute atomic E-state index is 0.323. The number of hydrogen-bond acceptors (Lipinski definition) is 2. The van der Waals surface area contributed by atoms with Crippen LogP contribution in [0.15, 0.2) is 24.3 Å². The Bertz CT molecular complexity index is 464. The van der Waals surface area contributed by atoms with Crippen LogP contribution in [0.4, 0.5) is 5.69 Å². The molecule has 2 unspecified atom stereocenters. The summed E-state index contributed by atoms with van der Waals surface area (Å²) in [7, 11) is 0. The van der Waals surface area contributed by atoms with E-state index in [2.05, 4.69) is 25.1 Å². The van der Waals surface area contributed by atoms with Gasteiger partial charge >= 0.3 is 0 Å². The molecule has 0 radical (unpaired) electrons. The van der Waals surface area contributed by atoms with E-state index in [0.717, 1.165) is 24.9 Å². The number of ether oxygens (including phenoxy) is 1. The summed E-state index contributed by atoms with van der Waals surface area (Å²) in [4.78, 5) is 0. The summed E-state index contributed by atoms with van der Waals surface area (Å²) in [6.45, 7) is 2.15. The Kier molecular flexibility index (Phi) is 2.67. The molecule has 1 saturated heterocycles. The lowest BCUT2D eigenvalue weighted by atomic mass is 10.0. The Labute approximate surface area is 102 Å². The standard InChI is InChI=1S/C15H19NO/c1-10-2-6-14(17-10)9-12-4-3-11-8-13(16)5-7-15(11)12/h5,7-10,14H,2-4,6,16H2,1H3/b12-9-. The maximum absolute atomic E-state index is 5.86. The summed E-state index contributed by atoms with van der Waals surface area (Å²) in [6.07, 6.45) is 7.66. The highest BCUT2D eigenvalue weighted by molar-refractivity contribution is 5.74. The van der Waals surface area contributed by atoms with Gasteiger partial charge in [-0.1, -0.05) is 12.1 Å². The molecule has 2 N–H and O–H groups in total. The third-order valence-corrected chi connectivity index (χ3v) is 3.79. The predicted molar refractivity (Wildman–Crippen MR) is 70.7 cm³/mol. The lowest BCUT2D eigenvalue weighted by molar-refractivity contribution is 0.0835. The SMILES string of the molecule is CC1CCC(/C=C2/CCc3cc(N)ccc32)O1. The van der Waals surface area contributed by atoms with Gasteiger partial charge in [0.25, 0.3) is 0 Å². The molecule has 2 nitrogen and oxygen atoms in total. The molecule has 0 amide bonds. The van der Waals surface area contributed by atoms with Crippen molar-refractivity contribution in [2.24, 2.45) is 0 Å². The third kappa shape index (κ3) is 2.09. The molecule has 2 atom stereocenters. The third-order valence-electron chi connectivity index (χ3n) is 3.79. The van der Waals surface area contributed by atoms with Crippen LogP contribution in [0.5, 0.6) is 0 Å². The molecule has 1 heterocycles. The molecule has 3 rings (SSSR count). The Hall–Kier alpha value is -1.28. The van der Waals surface area contributed by atoms with Crippen LogP contribution < -0.4 is 5.73 Å². The molecule has 0 saturated carbocycles. The van der Waals surface area contributed by atoms with Crippen LogP contribution >= 0.6 is 0 Å². The minimum Gasteiger partial charge on any atom is -0.399 e. The maximum atomic E-state index is 5.86. The highest BCUT2D eigenvalue weighted by Gasteiger charge is 2.23. The molecule has 2 heteroatoms. The van der Waals surface area contributed by atoms with Gasteiger partial charge in [-0.2, -0.15) is 0 Å². The summed E-state index contributed by atoms with van der Waals surface area (Å²) in [6, 6.07) is 6.26. The number of benzene rings is 1. The van der Waals surface area contributed by atoms with Crippen molar-refractivity contribution < 1.29 is 4.74 Å². The van der Waals surface area contributed by atoms with Gasteiger partial charge in [0, 0.05) is 5.69 Å². The molecule has 1 fully saturated rings. The van der Waals surface area contributed by atoms with E-state index in [1.807, 2.05) is 6.07 Å². The van der Waals surface area contributed by atoms with Gasteiger partial charge in [0.05, 0.1) is 12.2 Å². The van der Waals surface area contributed by atoms with E-state index in [-0.39, 0.29) is 0 Å². The maximum Gasteiger partial charge on any atom is 0.0766 e. The molecule has 1 aliphatic carbocycles. The molecule has 1 aromatic carbocycles. The number of nitrogen functional groups attached to an aromatic ring is 1. The van der Waals surface area contributed by atoms with Crippen LogP contribution in [-0.4, -0.2) is 12.2 Å². The van der Waals surface area contributed by atoms with Crippen molar-refractivity contribution in [2.45, 2.75) is 44.8 Å². The van der Waals surface area contributed by atoms with Gasteiger partial charge in [0.2, 0.25) is 0 Å². The van der Waals surface area contributed by atoms with Gasteiger partial charge in [0.15, 0.2) is 0 Å². The van der Waals surface area contributed by atoms with Gasteiger partial charge in [-0.05, 0) is 61.4 Å². The van der Waals surface area contributed by atoms with Crippen molar-refractivity contribution in [3.63, 3.8) is 0 Å². The van der Waals surface area contributed by atoms with Crippen molar-refractivity contribution in [3.8, 4) is 0 Å². The number of fused-ring (bicyclic) bond motifs is 1. The molecule has 17 heavy (non-hydrogen) atoms. The normalized spacial score (nSPS) is 29.8. The van der Waals surface area contributed by atoms with Gasteiger partial charge in [-0.25, -0.2) is 0 Å². The zero-order valence-electron chi connectivity index (χ0n) is 10.3. The molecular weight excluding hydrogens is 210 g/mol. The van der Waals surface area contributed by atoms with Crippen molar-refractivity contribution in [1.29, 1.82) is 0 Å². The molecule has 90 valence electrons. The highest BCUT2D eigenvalue weighted by Crippen LogP contribution is 2.35. The van der Waals surface area contributed by atoms with Crippen molar-refractivity contribution in [3.05, 3.63) is 35.4 Å². The van der Waals surface area contributed by atoms with Gasteiger partial charge in [-0.3, -0.25) is 0 Å². The van der Waals surface area contributed by atoms with E-state index in [1.54, 1.807) is 0 Å². The molecule has 1 aromatic rings. The quantitative estimate of drug-likeness (QED) is 0.751. The fourth-order valence-electron chi connectivity index (χ4n) is 2.89. The second-order valence-corrected chi connectivity index (χ2v) is 5.17. The summed E-state index contributed by atoms with van der Waals surface area (Å²) < 4.78 is 5.86. The summed E-state index contributed by atoms with van der Waals surface area (Å²) in [5.74, 6) is 0. The van der Waals surface area contributed by atoms with E-state index in [4.69, 9.17) is 10.5 Å². The lowest BCUT2D eigenvalue weighted by Crippen LogP contribution is -2.05. The predicted octanol–water partition coefficient (Wildman–Crippen LogP) is 3.17. The number of nitrogens with two attached hydrogens (primary N) is 1. The van der Waals surface area contributed by atoms with Crippen LogP contribution in [0.1, 0.15) is 37.3 Å². The zero-order chi connectivity index (χ0) is 11.8.